The van der Waals surface area contributed by atoms with E-state index in [4.69, 9.17) is 4.74 Å². The second-order valence-electron chi connectivity index (χ2n) is 8.99. The van der Waals surface area contributed by atoms with Crippen LogP contribution in [0.4, 0.5) is 5.69 Å². The van der Waals surface area contributed by atoms with Crippen LogP contribution in [0.15, 0.2) is 36.4 Å². The first-order valence-electron chi connectivity index (χ1n) is 11.4. The molecule has 3 rings (SSSR count). The Kier molecular flexibility index (Phi) is 7.70. The zero-order valence-corrected chi connectivity index (χ0v) is 18.5. The molecule has 2 fully saturated rings. The lowest BCUT2D eigenvalue weighted by atomic mass is 9.75. The van der Waals surface area contributed by atoms with Gasteiger partial charge < -0.3 is 10.1 Å². The number of hydrogen-bond donors (Lipinski definition) is 1. The highest BCUT2D eigenvalue weighted by atomic mass is 16.5. The Morgan fingerprint density at radius 1 is 1.20 bits per heavy atom. The maximum atomic E-state index is 12.5. The minimum atomic E-state index is -0.444. The summed E-state index contributed by atoms with van der Waals surface area (Å²) in [6.07, 6.45) is 6.77. The van der Waals surface area contributed by atoms with Gasteiger partial charge in [0.25, 0.3) is 0 Å². The quantitative estimate of drug-likeness (QED) is 0.427. The molecular formula is C25H36N2O3. The van der Waals surface area contributed by atoms with E-state index in [9.17, 15) is 9.59 Å². The second kappa shape index (κ2) is 10.3. The summed E-state index contributed by atoms with van der Waals surface area (Å²) in [5.41, 5.74) is 2.60. The molecular weight excluding hydrogens is 376 g/mol. The van der Waals surface area contributed by atoms with Gasteiger partial charge in [0.05, 0.1) is 18.6 Å². The molecule has 1 saturated carbocycles. The molecule has 1 aromatic carbocycles. The maximum absolute atomic E-state index is 12.5. The van der Waals surface area contributed by atoms with E-state index in [0.29, 0.717) is 19.6 Å². The number of allylic oxidation sites excluding steroid dienone is 1. The van der Waals surface area contributed by atoms with Gasteiger partial charge in [-0.1, -0.05) is 51.0 Å². The molecule has 1 N–H and O–H groups in total. The minimum absolute atomic E-state index is 0.0278. The number of amides is 1. The number of carbonyl (C=O) groups is 2. The number of anilines is 1. The SMILES string of the molecule is C=C1CC2COC(=O)C2(Cc2ccc(NC(=O)CN(CCCC)CCCC)cc2)C1. The topological polar surface area (TPSA) is 58.6 Å². The molecule has 5 heteroatoms. The number of nitrogens with one attached hydrogen (secondary N) is 1. The van der Waals surface area contributed by atoms with E-state index in [0.717, 1.165) is 68.4 Å². The third kappa shape index (κ3) is 5.31. The van der Waals surface area contributed by atoms with Crippen molar-refractivity contribution in [2.75, 3.05) is 31.6 Å². The first-order valence-corrected chi connectivity index (χ1v) is 11.4. The summed E-state index contributed by atoms with van der Waals surface area (Å²) in [6.45, 7) is 11.3. The molecule has 0 aromatic heterocycles. The Morgan fingerprint density at radius 2 is 1.87 bits per heavy atom. The average Bonchev–Trinajstić information content (AvgIpc) is 3.19. The van der Waals surface area contributed by atoms with Crippen LogP contribution < -0.4 is 5.32 Å². The van der Waals surface area contributed by atoms with Gasteiger partial charge in [-0.05, 0) is 62.9 Å². The molecule has 1 aliphatic heterocycles. The summed E-state index contributed by atoms with van der Waals surface area (Å²) >= 11 is 0. The standard InChI is InChI=1S/C25H36N2O3/c1-4-6-12-27(13-7-5-2)17-23(28)26-22-10-8-20(9-11-22)16-25-15-19(3)14-21(25)18-30-24(25)29/h8-11,21H,3-7,12-18H2,1-2H3,(H,26,28). The predicted molar refractivity (Wildman–Crippen MR) is 120 cm³/mol. The minimum Gasteiger partial charge on any atom is -0.465 e. The number of unbranched alkanes of at least 4 members (excludes halogenated alkanes) is 2. The summed E-state index contributed by atoms with van der Waals surface area (Å²) in [7, 11) is 0. The van der Waals surface area contributed by atoms with Crippen molar-refractivity contribution < 1.29 is 14.3 Å². The summed E-state index contributed by atoms with van der Waals surface area (Å²) in [4.78, 5) is 27.2. The molecule has 2 unspecified atom stereocenters. The Hall–Kier alpha value is -2.14. The van der Waals surface area contributed by atoms with Crippen LogP contribution in [0.5, 0.6) is 0 Å². The van der Waals surface area contributed by atoms with Crippen molar-refractivity contribution in [1.29, 1.82) is 0 Å². The molecule has 2 aliphatic rings. The monoisotopic (exact) mass is 412 g/mol. The van der Waals surface area contributed by atoms with Crippen molar-refractivity contribution in [2.45, 2.75) is 58.8 Å². The first kappa shape index (κ1) is 22.5. The van der Waals surface area contributed by atoms with Crippen molar-refractivity contribution in [3.63, 3.8) is 0 Å². The van der Waals surface area contributed by atoms with Gasteiger partial charge in [0.15, 0.2) is 0 Å². The Morgan fingerprint density at radius 3 is 2.50 bits per heavy atom. The maximum Gasteiger partial charge on any atom is 0.313 e. The van der Waals surface area contributed by atoms with E-state index in [1.165, 1.54) is 0 Å². The molecule has 1 aromatic rings. The largest absolute Gasteiger partial charge is 0.465 e. The number of cyclic esters (lactones) is 1. The highest BCUT2D eigenvalue weighted by Crippen LogP contribution is 2.52. The third-order valence-corrected chi connectivity index (χ3v) is 6.48. The fourth-order valence-electron chi connectivity index (χ4n) is 4.77. The summed E-state index contributed by atoms with van der Waals surface area (Å²) in [5.74, 6) is 0.192. The lowest BCUT2D eigenvalue weighted by molar-refractivity contribution is -0.146. The Balaban J connectivity index is 1.57. The van der Waals surface area contributed by atoms with E-state index in [-0.39, 0.29) is 17.8 Å². The molecule has 1 amide bonds. The number of hydrogen-bond acceptors (Lipinski definition) is 4. The van der Waals surface area contributed by atoms with E-state index in [2.05, 4.69) is 30.6 Å². The third-order valence-electron chi connectivity index (χ3n) is 6.48. The van der Waals surface area contributed by atoms with Gasteiger partial charge in [0, 0.05) is 11.6 Å². The van der Waals surface area contributed by atoms with E-state index in [1.54, 1.807) is 0 Å². The first-order chi connectivity index (χ1) is 14.5. The molecule has 1 aliphatic carbocycles. The lowest BCUT2D eigenvalue weighted by Gasteiger charge is -2.24. The number of benzene rings is 1. The number of carbonyl (C=O) groups excluding carboxylic acids is 2. The van der Waals surface area contributed by atoms with Crippen molar-refractivity contribution in [3.8, 4) is 0 Å². The number of esters is 1. The fourth-order valence-corrected chi connectivity index (χ4v) is 4.77. The molecule has 164 valence electrons. The van der Waals surface area contributed by atoms with Gasteiger partial charge in [-0.25, -0.2) is 0 Å². The molecule has 2 atom stereocenters. The predicted octanol–water partition coefficient (Wildman–Crippen LogP) is 4.58. The molecule has 5 nitrogen and oxygen atoms in total. The van der Waals surface area contributed by atoms with Crippen LogP contribution in [0.25, 0.3) is 0 Å². The van der Waals surface area contributed by atoms with Crippen molar-refractivity contribution in [1.82, 2.24) is 4.90 Å². The molecule has 1 heterocycles. The summed E-state index contributed by atoms with van der Waals surface area (Å²) in [6, 6.07) is 7.90. The number of fused-ring (bicyclic) bond motifs is 1. The summed E-state index contributed by atoms with van der Waals surface area (Å²) in [5, 5.41) is 3.02. The van der Waals surface area contributed by atoms with Gasteiger partial charge in [-0.2, -0.15) is 0 Å². The van der Waals surface area contributed by atoms with Crippen LogP contribution in [0.3, 0.4) is 0 Å². The average molecular weight is 413 g/mol. The van der Waals surface area contributed by atoms with Crippen molar-refractivity contribution in [2.24, 2.45) is 11.3 Å². The van der Waals surface area contributed by atoms with Gasteiger partial charge in [-0.15, -0.1) is 0 Å². The Bertz CT molecular complexity index is 750. The highest BCUT2D eigenvalue weighted by molar-refractivity contribution is 5.92. The zero-order valence-electron chi connectivity index (χ0n) is 18.5. The summed E-state index contributed by atoms with van der Waals surface area (Å²) < 4.78 is 5.37. The lowest BCUT2D eigenvalue weighted by Crippen LogP contribution is -2.34. The smallest absolute Gasteiger partial charge is 0.313 e. The number of rotatable bonds is 11. The van der Waals surface area contributed by atoms with Crippen LogP contribution in [-0.2, 0) is 20.7 Å². The zero-order chi connectivity index (χ0) is 21.6. The number of ether oxygens (including phenoxy) is 1. The van der Waals surface area contributed by atoms with Crippen molar-refractivity contribution >= 4 is 17.6 Å². The van der Waals surface area contributed by atoms with Crippen LogP contribution in [0, 0.1) is 11.3 Å². The van der Waals surface area contributed by atoms with Crippen molar-refractivity contribution in [3.05, 3.63) is 42.0 Å². The second-order valence-corrected chi connectivity index (χ2v) is 8.99. The van der Waals surface area contributed by atoms with E-state index < -0.39 is 5.41 Å². The molecule has 0 spiro atoms. The van der Waals surface area contributed by atoms with Crippen LogP contribution in [-0.4, -0.2) is 43.0 Å². The Labute approximate surface area is 180 Å². The normalized spacial score (nSPS) is 23.0. The van der Waals surface area contributed by atoms with Crippen LogP contribution >= 0.6 is 0 Å². The number of nitrogens with zero attached hydrogens (tertiary/aromatic N) is 1. The van der Waals surface area contributed by atoms with Crippen LogP contribution in [0.2, 0.25) is 0 Å². The van der Waals surface area contributed by atoms with Gasteiger partial charge >= 0.3 is 5.97 Å². The van der Waals surface area contributed by atoms with E-state index >= 15 is 0 Å². The molecule has 0 bridgehead atoms. The highest BCUT2D eigenvalue weighted by Gasteiger charge is 2.55. The van der Waals surface area contributed by atoms with E-state index in [1.807, 2.05) is 24.3 Å². The fraction of sp³-hybridized carbons (Fsp3) is 0.600. The van der Waals surface area contributed by atoms with Gasteiger partial charge in [-0.3, -0.25) is 14.5 Å². The molecule has 1 saturated heterocycles. The molecule has 0 radical (unpaired) electrons. The van der Waals surface area contributed by atoms with Crippen LogP contribution in [0.1, 0.15) is 57.9 Å². The molecule has 30 heavy (non-hydrogen) atoms. The van der Waals surface area contributed by atoms with Gasteiger partial charge in [0.2, 0.25) is 5.91 Å². The van der Waals surface area contributed by atoms with Gasteiger partial charge in [0.1, 0.15) is 0 Å².